The molecule has 2 N–H and O–H groups in total. The molecule has 0 saturated heterocycles. The first kappa shape index (κ1) is 25.2. The third-order valence-electron chi connectivity index (χ3n) is 7.53. The Labute approximate surface area is 242 Å². The van der Waals surface area contributed by atoms with Crippen molar-refractivity contribution in [2.24, 2.45) is 4.99 Å². The lowest BCUT2D eigenvalue weighted by atomic mass is 9.98. The Morgan fingerprint density at radius 3 is 1.67 bits per heavy atom. The van der Waals surface area contributed by atoms with Crippen molar-refractivity contribution < 1.29 is 14.7 Å². The number of H-pyrrole nitrogens is 1. The molecule has 5 aromatic rings. The molecule has 5 nitrogen and oxygen atoms in total. The number of carbonyl (C=O) groups excluding carboxylic acids is 2. The minimum atomic E-state index is -0.785. The summed E-state index contributed by atoms with van der Waals surface area (Å²) in [6.45, 7) is 0. The molecule has 200 valence electrons. The van der Waals surface area contributed by atoms with Crippen LogP contribution < -0.4 is 0 Å². The number of aromatic amines is 1. The van der Waals surface area contributed by atoms with Gasteiger partial charge >= 0.3 is 0 Å². The highest BCUT2D eigenvalue weighted by Crippen LogP contribution is 2.43. The summed E-state index contributed by atoms with van der Waals surface area (Å²) in [6, 6.07) is 40.4. The number of aromatic nitrogens is 1. The zero-order valence-corrected chi connectivity index (χ0v) is 22.4. The van der Waals surface area contributed by atoms with E-state index in [1.165, 1.54) is 0 Å². The van der Waals surface area contributed by atoms with E-state index in [-0.39, 0.29) is 22.6 Å². The maximum absolute atomic E-state index is 13.7. The van der Waals surface area contributed by atoms with E-state index < -0.39 is 11.6 Å². The quantitative estimate of drug-likeness (QED) is 0.176. The minimum absolute atomic E-state index is 0.0562. The summed E-state index contributed by atoms with van der Waals surface area (Å²) < 4.78 is 0. The Morgan fingerprint density at radius 1 is 0.571 bits per heavy atom. The second-order valence-corrected chi connectivity index (χ2v) is 10.1. The first-order valence-electron chi connectivity index (χ1n) is 13.6. The zero-order valence-electron chi connectivity index (χ0n) is 22.4. The van der Waals surface area contributed by atoms with Crippen LogP contribution in [0.2, 0.25) is 0 Å². The highest BCUT2D eigenvalue weighted by molar-refractivity contribution is 6.63. The fourth-order valence-corrected chi connectivity index (χ4v) is 5.49. The van der Waals surface area contributed by atoms with Gasteiger partial charge in [0, 0.05) is 22.4 Å². The van der Waals surface area contributed by atoms with Gasteiger partial charge in [-0.15, -0.1) is 0 Å². The van der Waals surface area contributed by atoms with Crippen molar-refractivity contribution in [3.8, 4) is 22.4 Å². The molecular formula is C37H24N2O3. The van der Waals surface area contributed by atoms with E-state index in [1.807, 2.05) is 133 Å². The van der Waals surface area contributed by atoms with Gasteiger partial charge < -0.3 is 10.1 Å². The summed E-state index contributed by atoms with van der Waals surface area (Å²) in [5, 5.41) is 11.7. The molecule has 2 aliphatic rings. The number of hydrogen-bond donors (Lipinski definition) is 2. The van der Waals surface area contributed by atoms with Crippen molar-refractivity contribution in [1.82, 2.24) is 4.98 Å². The number of rotatable bonds is 5. The number of nitrogens with zero attached hydrogens (tertiary/aromatic N) is 1. The van der Waals surface area contributed by atoms with E-state index in [2.05, 4.69) is 4.98 Å². The van der Waals surface area contributed by atoms with Crippen LogP contribution in [0.25, 0.3) is 33.5 Å². The molecule has 7 rings (SSSR count). The molecule has 4 aromatic carbocycles. The van der Waals surface area contributed by atoms with E-state index in [0.717, 1.165) is 27.9 Å². The van der Waals surface area contributed by atoms with Gasteiger partial charge in [-0.3, -0.25) is 9.59 Å². The molecule has 1 aliphatic carbocycles. The normalized spacial score (nSPS) is 16.7. The molecule has 2 heterocycles. The van der Waals surface area contributed by atoms with Crippen LogP contribution in [0.4, 0.5) is 0 Å². The molecule has 0 radical (unpaired) electrons. The van der Waals surface area contributed by atoms with Gasteiger partial charge in [0.05, 0.1) is 28.2 Å². The standard InChI is InChI=1S/C37H24N2O3/c40-35-31(33-27(23-13-5-1-6-14-23)21-29(38-33)25-17-9-3-10-18-25)36(41)37(42)32(35)34-28(24-15-7-2-8-16-24)22-30(39-34)26-19-11-4-12-20-26/h1-22,38,40H/b34-32+. The molecule has 0 bridgehead atoms. The van der Waals surface area contributed by atoms with Gasteiger partial charge in [0.25, 0.3) is 0 Å². The van der Waals surface area contributed by atoms with Crippen molar-refractivity contribution in [2.45, 2.75) is 0 Å². The number of Topliss-reactive ketones (excluding diaryl/α,β-unsaturated/α-hetero) is 2. The zero-order chi connectivity index (χ0) is 28.6. The van der Waals surface area contributed by atoms with Crippen molar-refractivity contribution >= 4 is 28.4 Å². The number of hydrogen-bond acceptors (Lipinski definition) is 4. The molecular weight excluding hydrogens is 520 g/mol. The van der Waals surface area contributed by atoms with Crippen LogP contribution in [-0.4, -0.2) is 27.4 Å². The average molecular weight is 545 g/mol. The van der Waals surface area contributed by atoms with Crippen molar-refractivity contribution in [3.05, 3.63) is 167 Å². The predicted octanol–water partition coefficient (Wildman–Crippen LogP) is 7.61. The summed E-state index contributed by atoms with van der Waals surface area (Å²) in [4.78, 5) is 35.6. The molecule has 0 unspecified atom stereocenters. The molecule has 1 aromatic heterocycles. The molecule has 0 saturated carbocycles. The molecule has 1 aliphatic heterocycles. The first-order chi connectivity index (χ1) is 20.6. The van der Waals surface area contributed by atoms with Crippen LogP contribution in [0.3, 0.4) is 0 Å². The summed E-state index contributed by atoms with van der Waals surface area (Å²) >= 11 is 0. The average Bonchev–Trinajstić information content (AvgIpc) is 3.74. The van der Waals surface area contributed by atoms with Crippen LogP contribution in [0.1, 0.15) is 16.8 Å². The van der Waals surface area contributed by atoms with E-state index >= 15 is 0 Å². The van der Waals surface area contributed by atoms with E-state index in [9.17, 15) is 14.7 Å². The van der Waals surface area contributed by atoms with Gasteiger partial charge in [0.2, 0.25) is 11.6 Å². The van der Waals surface area contributed by atoms with E-state index in [4.69, 9.17) is 4.99 Å². The smallest absolute Gasteiger partial charge is 0.239 e. The second kappa shape index (κ2) is 10.3. The number of ketones is 2. The van der Waals surface area contributed by atoms with Crippen molar-refractivity contribution in [1.29, 1.82) is 0 Å². The highest BCUT2D eigenvalue weighted by atomic mass is 16.3. The molecule has 42 heavy (non-hydrogen) atoms. The topological polar surface area (TPSA) is 82.5 Å². The lowest BCUT2D eigenvalue weighted by Gasteiger charge is -2.08. The Kier molecular flexibility index (Phi) is 6.18. The third-order valence-corrected chi connectivity index (χ3v) is 7.53. The van der Waals surface area contributed by atoms with Crippen molar-refractivity contribution in [2.75, 3.05) is 0 Å². The summed E-state index contributed by atoms with van der Waals surface area (Å²) in [6.07, 6.45) is 1.90. The maximum Gasteiger partial charge on any atom is 0.239 e. The fourth-order valence-electron chi connectivity index (χ4n) is 5.49. The first-order valence-corrected chi connectivity index (χ1v) is 13.6. The van der Waals surface area contributed by atoms with Crippen LogP contribution in [0, 0.1) is 0 Å². The SMILES string of the molecule is O=C1C(=O)/C(=C2/N=C(c3ccccc3)C=C2c2ccccc2)C(O)=C1c1[nH]c(-c2ccccc2)cc1-c1ccccc1. The number of allylic oxidation sites excluding steroid dienone is 4. The Morgan fingerprint density at radius 2 is 1.07 bits per heavy atom. The lowest BCUT2D eigenvalue weighted by Crippen LogP contribution is -2.11. The fraction of sp³-hybridized carbons (Fsp3) is 0. The second-order valence-electron chi connectivity index (χ2n) is 10.1. The number of nitrogens with one attached hydrogen (secondary N) is 1. The van der Waals surface area contributed by atoms with Gasteiger partial charge in [0.15, 0.2) is 0 Å². The maximum atomic E-state index is 13.7. The number of aliphatic hydroxyl groups is 1. The molecule has 0 atom stereocenters. The van der Waals surface area contributed by atoms with Crippen LogP contribution in [-0.2, 0) is 9.59 Å². The molecule has 0 amide bonds. The van der Waals surface area contributed by atoms with Crippen LogP contribution in [0.5, 0.6) is 0 Å². The molecule has 5 heteroatoms. The molecule has 0 fully saturated rings. The summed E-state index contributed by atoms with van der Waals surface area (Å²) in [7, 11) is 0. The van der Waals surface area contributed by atoms with E-state index in [1.54, 1.807) is 0 Å². The number of benzene rings is 4. The number of aliphatic hydroxyl groups excluding tert-OH is 1. The molecule has 0 spiro atoms. The van der Waals surface area contributed by atoms with Crippen molar-refractivity contribution in [3.63, 3.8) is 0 Å². The number of aliphatic imine (C=N–C) groups is 1. The Hall–Kier alpha value is -5.81. The lowest BCUT2D eigenvalue weighted by molar-refractivity contribution is -0.130. The van der Waals surface area contributed by atoms with Gasteiger partial charge in [0.1, 0.15) is 5.76 Å². The van der Waals surface area contributed by atoms with Crippen LogP contribution >= 0.6 is 0 Å². The highest BCUT2D eigenvalue weighted by Gasteiger charge is 2.42. The Bertz CT molecular complexity index is 1980. The van der Waals surface area contributed by atoms with Gasteiger partial charge in [-0.25, -0.2) is 4.99 Å². The van der Waals surface area contributed by atoms with E-state index in [0.29, 0.717) is 22.5 Å². The van der Waals surface area contributed by atoms with Crippen LogP contribution in [0.15, 0.2) is 155 Å². The van der Waals surface area contributed by atoms with Gasteiger partial charge in [-0.1, -0.05) is 121 Å². The van der Waals surface area contributed by atoms with Gasteiger partial charge in [-0.2, -0.15) is 0 Å². The number of carbonyl (C=O) groups is 2. The predicted molar refractivity (Wildman–Crippen MR) is 166 cm³/mol. The minimum Gasteiger partial charge on any atom is -0.506 e. The summed E-state index contributed by atoms with van der Waals surface area (Å²) in [5.41, 5.74) is 6.77. The van der Waals surface area contributed by atoms with Gasteiger partial charge in [-0.05, 0) is 28.8 Å². The third kappa shape index (κ3) is 4.25. The summed E-state index contributed by atoms with van der Waals surface area (Å²) in [5.74, 6) is -1.93. The largest absolute Gasteiger partial charge is 0.506 e. The monoisotopic (exact) mass is 544 g/mol. The Balaban J connectivity index is 1.46.